The monoisotopic (exact) mass is 606 g/mol. The van der Waals surface area contributed by atoms with Crippen LogP contribution < -0.4 is 0 Å². The Hall–Kier alpha value is -3.22. The Bertz CT molecular complexity index is 1370. The van der Waals surface area contributed by atoms with E-state index in [9.17, 15) is 15.0 Å². The number of ether oxygens (including phenoxy) is 6. The number of cyclic esters (lactones) is 1. The minimum absolute atomic E-state index is 0.0379. The second kappa shape index (κ2) is 14.0. The summed E-state index contributed by atoms with van der Waals surface area (Å²) >= 11 is 1.18. The van der Waals surface area contributed by atoms with Gasteiger partial charge in [0.15, 0.2) is 18.0 Å². The number of benzene rings is 3. The van der Waals surface area contributed by atoms with Crippen molar-refractivity contribution in [2.24, 2.45) is 0 Å². The van der Waals surface area contributed by atoms with Gasteiger partial charge in [-0.2, -0.15) is 0 Å². The molecule has 1 saturated heterocycles. The van der Waals surface area contributed by atoms with Crippen molar-refractivity contribution in [3.8, 4) is 0 Å². The molecule has 7 atom stereocenters. The van der Waals surface area contributed by atoms with Crippen molar-refractivity contribution in [2.45, 2.75) is 61.9 Å². The second-order valence-electron chi connectivity index (χ2n) is 10.5. The Morgan fingerprint density at radius 3 is 1.86 bits per heavy atom. The zero-order chi connectivity index (χ0) is 29.6. The number of hydrogen-bond acceptors (Lipinski definition) is 10. The van der Waals surface area contributed by atoms with Crippen LogP contribution in [0.4, 0.5) is 0 Å². The molecular weight excluding hydrogens is 572 g/mol. The number of carbonyl (C=O) groups is 1. The van der Waals surface area contributed by atoms with Gasteiger partial charge >= 0.3 is 5.97 Å². The zero-order valence-corrected chi connectivity index (χ0v) is 24.2. The Kier molecular flexibility index (Phi) is 9.74. The fraction of sp³-hybridized carbons (Fsp3) is 0.364. The number of aliphatic hydroxyl groups excluding tert-OH is 2. The average Bonchev–Trinajstić information content (AvgIpc) is 3.05. The molecule has 0 bridgehead atoms. The lowest BCUT2D eigenvalue weighted by atomic mass is 9.99. The van der Waals surface area contributed by atoms with Crippen LogP contribution >= 0.6 is 11.8 Å². The first-order chi connectivity index (χ1) is 21.1. The van der Waals surface area contributed by atoms with Crippen LogP contribution in [0, 0.1) is 0 Å². The highest BCUT2D eigenvalue weighted by atomic mass is 32.2. The van der Waals surface area contributed by atoms with Gasteiger partial charge in [-0.3, -0.25) is 0 Å². The van der Waals surface area contributed by atoms with E-state index in [-0.39, 0.29) is 17.3 Å². The molecule has 3 aliphatic heterocycles. The topological polar surface area (TPSA) is 113 Å². The van der Waals surface area contributed by atoms with Crippen LogP contribution in [0.15, 0.2) is 102 Å². The summed E-state index contributed by atoms with van der Waals surface area (Å²) in [6, 6.07) is 29.5. The summed E-state index contributed by atoms with van der Waals surface area (Å²) in [7, 11) is 0. The van der Waals surface area contributed by atoms with Gasteiger partial charge in [0.1, 0.15) is 28.5 Å². The Morgan fingerprint density at radius 2 is 1.28 bits per heavy atom. The number of thioether (sulfide) groups is 1. The fourth-order valence-corrected chi connectivity index (χ4v) is 6.61. The van der Waals surface area contributed by atoms with Gasteiger partial charge in [0, 0.05) is 0 Å². The van der Waals surface area contributed by atoms with E-state index in [0.717, 1.165) is 16.7 Å². The summed E-state index contributed by atoms with van der Waals surface area (Å²) in [5.41, 5.74) is 2.99. The lowest BCUT2D eigenvalue weighted by Gasteiger charge is -2.49. The predicted molar refractivity (Wildman–Crippen MR) is 157 cm³/mol. The van der Waals surface area contributed by atoms with Crippen molar-refractivity contribution in [1.29, 1.82) is 0 Å². The summed E-state index contributed by atoms with van der Waals surface area (Å²) in [5.74, 6) is -0.629. The molecule has 226 valence electrons. The molecule has 0 spiro atoms. The molecule has 43 heavy (non-hydrogen) atoms. The molecule has 3 aromatic carbocycles. The SMILES string of the molecule is O=C1O[C@H](CO)[C@@H](O)C2=C1S[C@H]1[C@@H](O2)O[C@H](COCc2ccccc2)[C@@H](OCc2ccccc2)[C@@H]1OCc1ccccc1. The van der Waals surface area contributed by atoms with Gasteiger partial charge in [-0.15, -0.1) is 11.8 Å². The van der Waals surface area contributed by atoms with Crippen molar-refractivity contribution in [2.75, 3.05) is 13.2 Å². The highest BCUT2D eigenvalue weighted by Gasteiger charge is 2.54. The Morgan fingerprint density at radius 1 is 0.721 bits per heavy atom. The molecule has 6 rings (SSSR count). The maximum Gasteiger partial charge on any atom is 0.348 e. The van der Waals surface area contributed by atoms with Crippen LogP contribution in [0.5, 0.6) is 0 Å². The number of hydrogen-bond donors (Lipinski definition) is 2. The molecule has 0 unspecified atom stereocenters. The minimum Gasteiger partial charge on any atom is -0.464 e. The van der Waals surface area contributed by atoms with Gasteiger partial charge in [0.2, 0.25) is 6.29 Å². The van der Waals surface area contributed by atoms with E-state index in [1.165, 1.54) is 11.8 Å². The van der Waals surface area contributed by atoms with E-state index in [2.05, 4.69) is 0 Å². The zero-order valence-electron chi connectivity index (χ0n) is 23.4. The van der Waals surface area contributed by atoms with E-state index in [1.54, 1.807) is 0 Å². The molecule has 9 nitrogen and oxygen atoms in total. The van der Waals surface area contributed by atoms with Crippen molar-refractivity contribution in [3.05, 3.63) is 118 Å². The first kappa shape index (κ1) is 29.8. The molecule has 0 aliphatic carbocycles. The third kappa shape index (κ3) is 6.97. The molecule has 3 aromatic rings. The number of fused-ring (bicyclic) bond motifs is 1. The van der Waals surface area contributed by atoms with Crippen molar-refractivity contribution in [1.82, 2.24) is 0 Å². The van der Waals surface area contributed by atoms with Gasteiger partial charge in [-0.05, 0) is 16.7 Å². The molecule has 0 amide bonds. The first-order valence-electron chi connectivity index (χ1n) is 14.3. The van der Waals surface area contributed by atoms with Gasteiger partial charge in [-0.25, -0.2) is 4.79 Å². The maximum absolute atomic E-state index is 12.9. The molecular formula is C33H34O9S. The van der Waals surface area contributed by atoms with Gasteiger partial charge < -0.3 is 38.6 Å². The highest BCUT2D eigenvalue weighted by molar-refractivity contribution is 8.04. The number of carbonyl (C=O) groups excluding carboxylic acids is 1. The highest BCUT2D eigenvalue weighted by Crippen LogP contribution is 2.46. The molecule has 0 aromatic heterocycles. The van der Waals surface area contributed by atoms with E-state index >= 15 is 0 Å². The standard InChI is InChI=1S/C33H34O9S/c34-16-24-26(35)28-30(32(36)40-24)43-31-29(39-19-23-14-8-3-9-15-23)27(38-18-22-12-6-2-7-13-22)25(41-33(31)42-28)20-37-17-21-10-4-1-5-11-21/h1-15,24-27,29,31,33-35H,16-20H2/t24-,25-,26-,27-,29+,31-,33-/m1/s1. The normalized spacial score (nSPS) is 28.4. The summed E-state index contributed by atoms with van der Waals surface area (Å²) in [6.07, 6.45) is -5.10. The van der Waals surface area contributed by atoms with Gasteiger partial charge in [0.25, 0.3) is 0 Å². The van der Waals surface area contributed by atoms with E-state index in [1.807, 2.05) is 91.0 Å². The summed E-state index contributed by atoms with van der Waals surface area (Å²) in [6.45, 7) is 0.630. The largest absolute Gasteiger partial charge is 0.464 e. The van der Waals surface area contributed by atoms with Crippen molar-refractivity contribution in [3.63, 3.8) is 0 Å². The van der Waals surface area contributed by atoms with Crippen LogP contribution in [0.1, 0.15) is 16.7 Å². The van der Waals surface area contributed by atoms with Gasteiger partial charge in [-0.1, -0.05) is 91.0 Å². The smallest absolute Gasteiger partial charge is 0.348 e. The third-order valence-electron chi connectivity index (χ3n) is 7.52. The van der Waals surface area contributed by atoms with E-state index in [0.29, 0.717) is 19.8 Å². The fourth-order valence-electron chi connectivity index (χ4n) is 5.31. The summed E-state index contributed by atoms with van der Waals surface area (Å²) < 4.78 is 37.2. The lowest BCUT2D eigenvalue weighted by Crippen LogP contribution is -2.61. The Labute approximate surface area is 254 Å². The molecule has 10 heteroatoms. The maximum atomic E-state index is 12.9. The van der Waals surface area contributed by atoms with Crippen LogP contribution in [-0.4, -0.2) is 71.5 Å². The molecule has 0 saturated carbocycles. The van der Waals surface area contributed by atoms with Crippen LogP contribution in [0.25, 0.3) is 0 Å². The Balaban J connectivity index is 1.29. The minimum atomic E-state index is -1.32. The summed E-state index contributed by atoms with van der Waals surface area (Å²) in [4.78, 5) is 13.0. The predicted octanol–water partition coefficient (Wildman–Crippen LogP) is 3.72. The van der Waals surface area contributed by atoms with Gasteiger partial charge in [0.05, 0.1) is 33.0 Å². The van der Waals surface area contributed by atoms with Crippen LogP contribution in [0.2, 0.25) is 0 Å². The van der Waals surface area contributed by atoms with Crippen molar-refractivity contribution < 1.29 is 43.4 Å². The molecule has 3 heterocycles. The summed E-state index contributed by atoms with van der Waals surface area (Å²) in [5, 5.41) is 19.9. The molecule has 1 fully saturated rings. The number of rotatable bonds is 11. The van der Waals surface area contributed by atoms with E-state index < -0.39 is 54.6 Å². The van der Waals surface area contributed by atoms with Crippen LogP contribution in [-0.2, 0) is 53.0 Å². The van der Waals surface area contributed by atoms with Crippen molar-refractivity contribution >= 4 is 17.7 Å². The van der Waals surface area contributed by atoms with E-state index in [4.69, 9.17) is 28.4 Å². The second-order valence-corrected chi connectivity index (χ2v) is 11.7. The number of aliphatic hydroxyl groups is 2. The lowest BCUT2D eigenvalue weighted by molar-refractivity contribution is -0.271. The first-order valence-corrected chi connectivity index (χ1v) is 15.1. The third-order valence-corrected chi connectivity index (χ3v) is 8.89. The van der Waals surface area contributed by atoms with Crippen LogP contribution in [0.3, 0.4) is 0 Å². The number of esters is 1. The quantitative estimate of drug-likeness (QED) is 0.313. The average molecular weight is 607 g/mol. The molecule has 3 aliphatic rings. The molecule has 0 radical (unpaired) electrons. The molecule has 2 N–H and O–H groups in total.